The number of nitrogens with one attached hydrogen (secondary N) is 1. The van der Waals surface area contributed by atoms with E-state index in [4.69, 9.17) is 14.6 Å². The Bertz CT molecular complexity index is 980. The Labute approximate surface area is 200 Å². The van der Waals surface area contributed by atoms with Gasteiger partial charge in [-0.1, -0.05) is 12.1 Å². The minimum absolute atomic E-state index is 0. The number of ether oxygens (including phenoxy) is 2. The number of hydrogen-bond acceptors (Lipinski definition) is 7. The fraction of sp³-hybridized carbons (Fsp3) is 0.409. The topological polar surface area (TPSA) is 131 Å². The molecule has 4 N–H and O–H groups in total. The number of primary sulfonamides is 1. The molecule has 1 amide bonds. The second kappa shape index (κ2) is 12.9. The number of hydrogen-bond donors (Lipinski definition) is 3. The molecule has 0 radical (unpaired) electrons. The van der Waals surface area contributed by atoms with Crippen LogP contribution >= 0.6 is 12.4 Å². The fourth-order valence-electron chi connectivity index (χ4n) is 3.30. The monoisotopic (exact) mass is 499 g/mol. The van der Waals surface area contributed by atoms with Crippen LogP contribution < -0.4 is 15.2 Å². The van der Waals surface area contributed by atoms with Gasteiger partial charge in [-0.25, -0.2) is 13.6 Å². The van der Waals surface area contributed by atoms with Crippen LogP contribution in [-0.2, 0) is 21.2 Å². The number of benzene rings is 2. The van der Waals surface area contributed by atoms with Crippen LogP contribution in [0.2, 0.25) is 0 Å². The maximum atomic E-state index is 12.3. The molecule has 0 aromatic heterocycles. The maximum Gasteiger partial charge on any atom is 0.251 e. The van der Waals surface area contributed by atoms with Gasteiger partial charge in [-0.05, 0) is 48.4 Å². The molecule has 2 aromatic carbocycles. The molecule has 0 saturated carbocycles. The standard InChI is InChI=1S/C22H29N3O6S.ClH/c23-32(28,29)21-7-1-17(2-8-21)9-10-24-22(27)18-3-5-20(6-4-18)31-16-19(26)15-25-11-13-30-14-12-25;/h1-8,19,26H,9-16H2,(H,24,27)(H2,23,28,29);1H. The van der Waals surface area contributed by atoms with E-state index in [0.29, 0.717) is 44.0 Å². The first-order valence-electron chi connectivity index (χ1n) is 10.4. The van der Waals surface area contributed by atoms with E-state index in [9.17, 15) is 18.3 Å². The molecule has 182 valence electrons. The summed E-state index contributed by atoms with van der Waals surface area (Å²) in [5.41, 5.74) is 1.38. The molecule has 9 nitrogen and oxygen atoms in total. The van der Waals surface area contributed by atoms with E-state index in [1.165, 1.54) is 12.1 Å². The molecule has 1 fully saturated rings. The van der Waals surface area contributed by atoms with Crippen molar-refractivity contribution in [1.29, 1.82) is 0 Å². The van der Waals surface area contributed by atoms with E-state index < -0.39 is 16.1 Å². The number of aliphatic hydroxyl groups excluding tert-OH is 1. The molecule has 0 spiro atoms. The number of halogens is 1. The zero-order valence-corrected chi connectivity index (χ0v) is 19.8. The Morgan fingerprint density at radius 1 is 1.12 bits per heavy atom. The van der Waals surface area contributed by atoms with Gasteiger partial charge in [0.25, 0.3) is 5.91 Å². The van der Waals surface area contributed by atoms with E-state index in [1.807, 2.05) is 0 Å². The van der Waals surface area contributed by atoms with Crippen molar-refractivity contribution in [3.8, 4) is 5.75 Å². The first kappa shape index (κ1) is 27.0. The third-order valence-corrected chi connectivity index (χ3v) is 6.01. The van der Waals surface area contributed by atoms with Gasteiger partial charge in [-0.3, -0.25) is 9.69 Å². The maximum absolute atomic E-state index is 12.3. The first-order chi connectivity index (χ1) is 15.3. The van der Waals surface area contributed by atoms with Crippen molar-refractivity contribution >= 4 is 28.3 Å². The SMILES string of the molecule is Cl.NS(=O)(=O)c1ccc(CCNC(=O)c2ccc(OCC(O)CN3CCOCC3)cc2)cc1. The number of nitrogens with zero attached hydrogens (tertiary/aromatic N) is 1. The lowest BCUT2D eigenvalue weighted by Crippen LogP contribution is -2.42. The number of sulfonamides is 1. The highest BCUT2D eigenvalue weighted by molar-refractivity contribution is 7.89. The summed E-state index contributed by atoms with van der Waals surface area (Å²) in [4.78, 5) is 14.5. The Morgan fingerprint density at radius 2 is 1.76 bits per heavy atom. The number of nitrogens with two attached hydrogens (primary N) is 1. The number of morpholine rings is 1. The van der Waals surface area contributed by atoms with Crippen LogP contribution in [0, 0.1) is 0 Å². The van der Waals surface area contributed by atoms with Crippen LogP contribution in [0.1, 0.15) is 15.9 Å². The zero-order chi connectivity index (χ0) is 23.0. The van der Waals surface area contributed by atoms with Crippen LogP contribution in [0.25, 0.3) is 0 Å². The molecular weight excluding hydrogens is 470 g/mol. The summed E-state index contributed by atoms with van der Waals surface area (Å²) in [6.07, 6.45) is -0.0473. The van der Waals surface area contributed by atoms with Gasteiger partial charge in [0.2, 0.25) is 10.0 Å². The van der Waals surface area contributed by atoms with Gasteiger partial charge in [0, 0.05) is 31.7 Å². The first-order valence-corrected chi connectivity index (χ1v) is 12.0. The lowest BCUT2D eigenvalue weighted by molar-refractivity contribution is 0.00465. The number of carbonyl (C=O) groups is 1. The average molecular weight is 500 g/mol. The number of amides is 1. The van der Waals surface area contributed by atoms with Crippen molar-refractivity contribution in [1.82, 2.24) is 10.2 Å². The molecule has 3 rings (SSSR count). The zero-order valence-electron chi connectivity index (χ0n) is 18.2. The van der Waals surface area contributed by atoms with E-state index in [-0.39, 0.29) is 29.8 Å². The number of rotatable bonds is 10. The fourth-order valence-corrected chi connectivity index (χ4v) is 3.81. The lowest BCUT2D eigenvalue weighted by atomic mass is 10.1. The van der Waals surface area contributed by atoms with Gasteiger partial charge in [0.1, 0.15) is 18.5 Å². The van der Waals surface area contributed by atoms with Crippen molar-refractivity contribution < 1.29 is 27.8 Å². The van der Waals surface area contributed by atoms with Gasteiger partial charge in [-0.2, -0.15) is 0 Å². The molecule has 1 aliphatic heterocycles. The summed E-state index contributed by atoms with van der Waals surface area (Å²) >= 11 is 0. The average Bonchev–Trinajstić information content (AvgIpc) is 2.78. The molecule has 1 unspecified atom stereocenters. The van der Waals surface area contributed by atoms with Crippen LogP contribution in [0.5, 0.6) is 5.75 Å². The summed E-state index contributed by atoms with van der Waals surface area (Å²) in [5.74, 6) is 0.364. The molecular formula is C22H30ClN3O6S. The highest BCUT2D eigenvalue weighted by Gasteiger charge is 2.15. The van der Waals surface area contributed by atoms with Gasteiger partial charge in [0.05, 0.1) is 18.1 Å². The number of aliphatic hydroxyl groups is 1. The van der Waals surface area contributed by atoms with Crippen molar-refractivity contribution in [2.75, 3.05) is 46.0 Å². The van der Waals surface area contributed by atoms with E-state index >= 15 is 0 Å². The predicted molar refractivity (Wildman–Crippen MR) is 126 cm³/mol. The van der Waals surface area contributed by atoms with Crippen LogP contribution in [0.4, 0.5) is 0 Å². The highest BCUT2D eigenvalue weighted by atomic mass is 35.5. The molecule has 33 heavy (non-hydrogen) atoms. The molecule has 11 heteroatoms. The van der Waals surface area contributed by atoms with Gasteiger partial charge < -0.3 is 19.9 Å². The minimum atomic E-state index is -3.71. The third-order valence-electron chi connectivity index (χ3n) is 5.08. The second-order valence-electron chi connectivity index (χ2n) is 7.60. The Balaban J connectivity index is 0.00000385. The van der Waals surface area contributed by atoms with Crippen LogP contribution in [0.3, 0.4) is 0 Å². The van der Waals surface area contributed by atoms with Gasteiger partial charge in [0.15, 0.2) is 0 Å². The summed E-state index contributed by atoms with van der Waals surface area (Å²) < 4.78 is 33.5. The second-order valence-corrected chi connectivity index (χ2v) is 9.16. The third kappa shape index (κ3) is 8.92. The molecule has 0 aliphatic carbocycles. The normalized spacial score (nSPS) is 15.3. The van der Waals surface area contributed by atoms with Crippen molar-refractivity contribution in [3.05, 3.63) is 59.7 Å². The molecule has 1 heterocycles. The van der Waals surface area contributed by atoms with E-state index in [0.717, 1.165) is 18.7 Å². The number of carbonyl (C=O) groups excluding carboxylic acids is 1. The Hall–Kier alpha value is -2.21. The van der Waals surface area contributed by atoms with E-state index in [2.05, 4.69) is 10.2 Å². The quantitative estimate of drug-likeness (QED) is 0.440. The van der Waals surface area contributed by atoms with Gasteiger partial charge >= 0.3 is 0 Å². The minimum Gasteiger partial charge on any atom is -0.491 e. The molecule has 1 atom stereocenters. The van der Waals surface area contributed by atoms with Crippen molar-refractivity contribution in [2.24, 2.45) is 5.14 Å². The summed E-state index contributed by atoms with van der Waals surface area (Å²) in [6.45, 7) is 4.09. The lowest BCUT2D eigenvalue weighted by Gasteiger charge is -2.28. The Kier molecular flexibility index (Phi) is 10.6. The smallest absolute Gasteiger partial charge is 0.251 e. The summed E-state index contributed by atoms with van der Waals surface area (Å²) in [7, 11) is -3.71. The summed E-state index contributed by atoms with van der Waals surface area (Å²) in [5, 5.41) is 18.1. The van der Waals surface area contributed by atoms with Crippen molar-refractivity contribution in [2.45, 2.75) is 17.4 Å². The van der Waals surface area contributed by atoms with Gasteiger partial charge in [-0.15, -0.1) is 12.4 Å². The van der Waals surface area contributed by atoms with Crippen LogP contribution in [-0.4, -0.2) is 76.4 Å². The highest BCUT2D eigenvalue weighted by Crippen LogP contribution is 2.13. The van der Waals surface area contributed by atoms with E-state index in [1.54, 1.807) is 36.4 Å². The summed E-state index contributed by atoms with van der Waals surface area (Å²) in [6, 6.07) is 13.0. The number of β-amino-alcohol motifs (C(OH)–C–C–N with tert-alkyl or cyclic N) is 1. The van der Waals surface area contributed by atoms with Crippen LogP contribution in [0.15, 0.2) is 53.4 Å². The van der Waals surface area contributed by atoms with Crippen molar-refractivity contribution in [3.63, 3.8) is 0 Å². The molecule has 1 saturated heterocycles. The predicted octanol–water partition coefficient (Wildman–Crippen LogP) is 0.800. The molecule has 0 bridgehead atoms. The largest absolute Gasteiger partial charge is 0.491 e. The molecule has 1 aliphatic rings. The molecule has 2 aromatic rings. The Morgan fingerprint density at radius 3 is 2.36 bits per heavy atom.